The number of hydrogen-bond donors (Lipinski definition) is 1. The molecule has 0 bridgehead atoms. The van der Waals surface area contributed by atoms with Gasteiger partial charge < -0.3 is 29.7 Å². The third kappa shape index (κ3) is 5.91. The summed E-state index contributed by atoms with van der Waals surface area (Å²) in [5, 5.41) is 10.1. The van der Waals surface area contributed by atoms with Crippen LogP contribution in [0.2, 0.25) is 0 Å². The summed E-state index contributed by atoms with van der Waals surface area (Å²) in [5.41, 5.74) is 5.57. The van der Waals surface area contributed by atoms with Gasteiger partial charge in [0, 0.05) is 45.8 Å². The Morgan fingerprint density at radius 3 is 2.38 bits per heavy atom. The van der Waals surface area contributed by atoms with E-state index in [-0.39, 0.29) is 0 Å². The third-order valence-electron chi connectivity index (χ3n) is 4.59. The second kappa shape index (κ2) is 8.53. The lowest BCUT2D eigenvalue weighted by molar-refractivity contribution is -0.0427. The molecule has 0 spiro atoms. The minimum Gasteiger partial charge on any atom is -0.480 e. The molecule has 0 aromatic carbocycles. The van der Waals surface area contributed by atoms with Crippen molar-refractivity contribution in [1.82, 2.24) is 14.7 Å². The van der Waals surface area contributed by atoms with Crippen molar-refractivity contribution in [3.63, 3.8) is 0 Å². The Morgan fingerprint density at radius 1 is 1.19 bits per heavy atom. The smallest absolute Gasteiger partial charge is 0.128 e. The van der Waals surface area contributed by atoms with Crippen molar-refractivity contribution >= 4 is 10.6 Å². The average Bonchev–Trinajstić information content (AvgIpc) is 2.48. The largest absolute Gasteiger partial charge is 0.480 e. The Balaban J connectivity index is 1.65. The van der Waals surface area contributed by atoms with Gasteiger partial charge in [0.2, 0.25) is 0 Å². The van der Waals surface area contributed by atoms with Gasteiger partial charge in [-0.1, -0.05) is 0 Å². The molecule has 2 aliphatic rings. The summed E-state index contributed by atoms with van der Waals surface area (Å²) in [6.45, 7) is 8.23. The molecule has 0 aromatic heterocycles. The summed E-state index contributed by atoms with van der Waals surface area (Å²) >= 11 is 0. The minimum atomic E-state index is -0.553. The van der Waals surface area contributed by atoms with Gasteiger partial charge in [-0.3, -0.25) is 10.6 Å². The van der Waals surface area contributed by atoms with E-state index < -0.39 is 16.8 Å². The van der Waals surface area contributed by atoms with Crippen molar-refractivity contribution in [2.24, 2.45) is 5.92 Å². The van der Waals surface area contributed by atoms with E-state index in [1.165, 1.54) is 45.6 Å². The van der Waals surface area contributed by atoms with E-state index in [1.54, 1.807) is 0 Å². The van der Waals surface area contributed by atoms with E-state index in [2.05, 4.69) is 21.7 Å². The highest BCUT2D eigenvalue weighted by Crippen LogP contribution is 2.20. The minimum absolute atomic E-state index is 0.319. The highest BCUT2D eigenvalue weighted by molar-refractivity contribution is 7.80. The maximum absolute atomic E-state index is 10.1. The average molecular weight is 316 g/mol. The number of piperidine rings is 1. The fraction of sp³-hybridized carbons (Fsp3) is 0.933. The zero-order valence-electron chi connectivity index (χ0n) is 13.4. The lowest BCUT2D eigenvalue weighted by Gasteiger charge is -2.39. The van der Waals surface area contributed by atoms with Crippen LogP contribution in [0.4, 0.5) is 0 Å². The van der Waals surface area contributed by atoms with Gasteiger partial charge in [-0.2, -0.15) is 0 Å². The van der Waals surface area contributed by atoms with Crippen molar-refractivity contribution in [3.8, 4) is 5.69 Å². The zero-order valence-corrected chi connectivity index (χ0v) is 14.2. The van der Waals surface area contributed by atoms with E-state index in [0.29, 0.717) is 6.61 Å². The Kier molecular flexibility index (Phi) is 7.02. The molecule has 5 nitrogen and oxygen atoms in total. The van der Waals surface area contributed by atoms with Crippen LogP contribution in [0.15, 0.2) is 0 Å². The van der Waals surface area contributed by atoms with Gasteiger partial charge in [0.25, 0.3) is 0 Å². The monoisotopic (exact) mass is 316 g/mol. The summed E-state index contributed by atoms with van der Waals surface area (Å²) in [4.78, 5) is 7.11. The Hall–Kier alpha value is -0.0700. The highest BCUT2D eigenvalue weighted by atomic mass is 32.2. The maximum Gasteiger partial charge on any atom is 0.128 e. The van der Waals surface area contributed by atoms with E-state index in [4.69, 9.17) is 9.87 Å². The van der Waals surface area contributed by atoms with E-state index >= 15 is 0 Å². The number of aliphatic hydroxyl groups is 1. The Labute approximate surface area is 131 Å². The molecule has 2 fully saturated rings. The molecule has 2 saturated heterocycles. The van der Waals surface area contributed by atoms with Crippen molar-refractivity contribution < 1.29 is 9.29 Å². The number of piperazine rings is 1. The van der Waals surface area contributed by atoms with Gasteiger partial charge in [0.05, 0.1) is 6.61 Å². The second-order valence-electron chi connectivity index (χ2n) is 6.35. The van der Waals surface area contributed by atoms with Crippen molar-refractivity contribution in [2.45, 2.75) is 19.1 Å². The first-order chi connectivity index (χ1) is 10.0. The SMILES string of the molecule is C#[S-](C)OCC(O)N1CCC(CN2CCN(C)CC2)CC1. The van der Waals surface area contributed by atoms with E-state index in [0.717, 1.165) is 19.0 Å². The fourth-order valence-electron chi connectivity index (χ4n) is 3.10. The molecule has 2 heterocycles. The quantitative estimate of drug-likeness (QED) is 0.725. The Bertz CT molecular complexity index is 369. The van der Waals surface area contributed by atoms with Gasteiger partial charge in [-0.15, -0.1) is 6.26 Å². The first-order valence-corrected chi connectivity index (χ1v) is 9.53. The molecule has 1 N–H and O–H groups in total. The number of hydrogen-bond acceptors (Lipinski definition) is 6. The Morgan fingerprint density at radius 2 is 1.81 bits per heavy atom. The van der Waals surface area contributed by atoms with Crippen LogP contribution in [-0.4, -0.2) is 91.8 Å². The standard InChI is InChI=1S/C15H30N3O2S/c1-16-8-10-17(11-9-16)12-14-4-6-18(7-5-14)15(19)13-20-21(2)3/h2,14-15,19H,4-13H2,1,3H3/q-1. The molecule has 1 unspecified atom stereocenters. The predicted octanol–water partition coefficient (Wildman–Crippen LogP) is 0.0329. The van der Waals surface area contributed by atoms with E-state index in [9.17, 15) is 5.11 Å². The third-order valence-corrected chi connectivity index (χ3v) is 5.09. The van der Waals surface area contributed by atoms with Crippen LogP contribution >= 0.6 is 0 Å². The zero-order chi connectivity index (χ0) is 15.2. The number of likely N-dealkylation sites (N-methyl/N-ethyl adjacent to an activating group) is 1. The molecule has 124 valence electrons. The first kappa shape index (κ1) is 17.3. The first-order valence-electron chi connectivity index (χ1n) is 7.91. The van der Waals surface area contributed by atoms with Crippen LogP contribution < -0.4 is 0 Å². The van der Waals surface area contributed by atoms with Gasteiger partial charge in [0.1, 0.15) is 6.23 Å². The van der Waals surface area contributed by atoms with Crippen molar-refractivity contribution in [1.29, 1.82) is 0 Å². The molecular weight excluding hydrogens is 286 g/mol. The molecule has 0 aliphatic carbocycles. The van der Waals surface area contributed by atoms with Crippen LogP contribution in [0.1, 0.15) is 12.8 Å². The molecule has 21 heavy (non-hydrogen) atoms. The van der Waals surface area contributed by atoms with Crippen molar-refractivity contribution in [2.75, 3.05) is 65.7 Å². The van der Waals surface area contributed by atoms with Crippen LogP contribution in [0, 0.1) is 11.6 Å². The van der Waals surface area contributed by atoms with Crippen LogP contribution in [0.25, 0.3) is 0 Å². The topological polar surface area (TPSA) is 39.2 Å². The van der Waals surface area contributed by atoms with Gasteiger partial charge in [-0.25, -0.2) is 0 Å². The molecule has 0 aromatic rings. The van der Waals surface area contributed by atoms with Gasteiger partial charge in [0.15, 0.2) is 0 Å². The lowest BCUT2D eigenvalue weighted by Crippen LogP contribution is -2.49. The molecule has 2 aliphatic heterocycles. The normalized spacial score (nSPS) is 25.5. The van der Waals surface area contributed by atoms with Crippen LogP contribution in [0.3, 0.4) is 0 Å². The fourth-order valence-corrected chi connectivity index (χ4v) is 3.44. The molecule has 2 rings (SSSR count). The molecule has 6 heteroatoms. The molecule has 0 saturated carbocycles. The summed E-state index contributed by atoms with van der Waals surface area (Å²) in [7, 11) is 1.64. The lowest BCUT2D eigenvalue weighted by atomic mass is 9.95. The molecular formula is C15H30N3O2S-. The number of rotatable bonds is 5. The van der Waals surface area contributed by atoms with Crippen LogP contribution in [0.5, 0.6) is 0 Å². The van der Waals surface area contributed by atoms with E-state index in [1.807, 2.05) is 6.26 Å². The summed E-state index contributed by atoms with van der Waals surface area (Å²) < 4.78 is 5.32. The number of nitrogens with zero attached hydrogens (tertiary/aromatic N) is 3. The molecule has 1 atom stereocenters. The number of likely N-dealkylation sites (tertiary alicyclic amines) is 1. The summed E-state index contributed by atoms with van der Waals surface area (Å²) in [5.74, 6) is 0.771. The van der Waals surface area contributed by atoms with Gasteiger partial charge in [-0.05, 0) is 25.8 Å². The molecule has 0 amide bonds. The predicted molar refractivity (Wildman–Crippen MR) is 88.4 cm³/mol. The highest BCUT2D eigenvalue weighted by Gasteiger charge is 2.25. The van der Waals surface area contributed by atoms with Crippen molar-refractivity contribution in [3.05, 3.63) is 0 Å². The van der Waals surface area contributed by atoms with Gasteiger partial charge >= 0.3 is 0 Å². The second-order valence-corrected chi connectivity index (χ2v) is 7.58. The number of aliphatic hydroxyl groups excluding tert-OH is 1. The van der Waals surface area contributed by atoms with Crippen LogP contribution in [-0.2, 0) is 14.8 Å². The summed E-state index contributed by atoms with van der Waals surface area (Å²) in [6, 6.07) is 0. The maximum atomic E-state index is 10.1. The summed E-state index contributed by atoms with van der Waals surface area (Å²) in [6.07, 6.45) is 3.65. The molecule has 0 radical (unpaired) electrons.